The normalized spacial score (nSPS) is 19.7. The summed E-state index contributed by atoms with van der Waals surface area (Å²) < 4.78 is 7.31. The van der Waals surface area contributed by atoms with Crippen molar-refractivity contribution in [3.05, 3.63) is 18.5 Å². The molecule has 19 heavy (non-hydrogen) atoms. The van der Waals surface area contributed by atoms with Gasteiger partial charge in [-0.15, -0.1) is 0 Å². The highest BCUT2D eigenvalue weighted by Gasteiger charge is 2.18. The Hall–Kier alpha value is -1.56. The number of guanidine groups is 1. The molecule has 0 amide bonds. The molecule has 0 aliphatic carbocycles. The minimum Gasteiger partial charge on any atom is -0.381 e. The van der Waals surface area contributed by atoms with Crippen molar-refractivity contribution in [3.8, 4) is 0 Å². The Morgan fingerprint density at radius 3 is 3.16 bits per heavy atom. The van der Waals surface area contributed by atoms with Crippen molar-refractivity contribution >= 4 is 5.96 Å². The fraction of sp³-hybridized carbons (Fsp3) is 0.692. The van der Waals surface area contributed by atoms with Crippen molar-refractivity contribution in [1.29, 1.82) is 0 Å². The third-order valence-electron chi connectivity index (χ3n) is 3.31. The molecule has 106 valence electrons. The van der Waals surface area contributed by atoms with E-state index in [1.54, 1.807) is 6.20 Å². The molecule has 0 aromatic carbocycles. The maximum atomic E-state index is 5.40. The smallest absolute Gasteiger partial charge is 0.193 e. The van der Waals surface area contributed by atoms with Gasteiger partial charge < -0.3 is 15.0 Å². The summed E-state index contributed by atoms with van der Waals surface area (Å²) in [6.07, 6.45) is 4.90. The number of aliphatic imine (C=N–C) groups is 1. The summed E-state index contributed by atoms with van der Waals surface area (Å²) in [6.45, 7) is 4.41. The molecular formula is C13H23N5O. The van der Waals surface area contributed by atoms with Crippen molar-refractivity contribution < 1.29 is 4.74 Å². The van der Waals surface area contributed by atoms with Gasteiger partial charge in [-0.2, -0.15) is 5.10 Å². The molecule has 1 aromatic rings. The highest BCUT2D eigenvalue weighted by molar-refractivity contribution is 5.79. The summed E-state index contributed by atoms with van der Waals surface area (Å²) >= 11 is 0. The predicted molar refractivity (Wildman–Crippen MR) is 75.1 cm³/mol. The molecule has 2 heterocycles. The fourth-order valence-electron chi connectivity index (χ4n) is 2.30. The van der Waals surface area contributed by atoms with E-state index < -0.39 is 0 Å². The van der Waals surface area contributed by atoms with E-state index in [1.807, 2.05) is 24.0 Å². The maximum Gasteiger partial charge on any atom is 0.193 e. The predicted octanol–water partition coefficient (Wildman–Crippen LogP) is 0.427. The lowest BCUT2D eigenvalue weighted by Gasteiger charge is -2.24. The first-order chi connectivity index (χ1) is 9.29. The molecule has 1 unspecified atom stereocenters. The van der Waals surface area contributed by atoms with Gasteiger partial charge in [0.05, 0.1) is 13.2 Å². The average Bonchev–Trinajstić information content (AvgIpc) is 3.07. The molecule has 0 saturated carbocycles. The van der Waals surface area contributed by atoms with Crippen molar-refractivity contribution in [2.24, 2.45) is 10.9 Å². The number of aromatic nitrogens is 2. The number of hydrogen-bond donors (Lipinski definition) is 1. The lowest BCUT2D eigenvalue weighted by Crippen LogP contribution is -2.42. The zero-order chi connectivity index (χ0) is 13.5. The first kappa shape index (κ1) is 13.9. The minimum absolute atomic E-state index is 0.620. The van der Waals surface area contributed by atoms with Crippen LogP contribution in [0.25, 0.3) is 0 Å². The Bertz CT molecular complexity index is 384. The van der Waals surface area contributed by atoms with E-state index in [1.165, 1.54) is 0 Å². The van der Waals surface area contributed by atoms with Crippen LogP contribution in [0, 0.1) is 5.92 Å². The van der Waals surface area contributed by atoms with Gasteiger partial charge in [-0.3, -0.25) is 9.67 Å². The van der Waals surface area contributed by atoms with E-state index in [2.05, 4.69) is 27.4 Å². The van der Waals surface area contributed by atoms with Crippen molar-refractivity contribution in [2.75, 3.05) is 40.4 Å². The lowest BCUT2D eigenvalue weighted by atomic mass is 10.1. The third-order valence-corrected chi connectivity index (χ3v) is 3.31. The van der Waals surface area contributed by atoms with Crippen molar-refractivity contribution in [1.82, 2.24) is 20.0 Å². The molecular weight excluding hydrogens is 242 g/mol. The van der Waals surface area contributed by atoms with E-state index in [0.29, 0.717) is 5.92 Å². The Morgan fingerprint density at radius 2 is 2.53 bits per heavy atom. The number of nitrogens with one attached hydrogen (secondary N) is 1. The topological polar surface area (TPSA) is 54.7 Å². The first-order valence-electron chi connectivity index (χ1n) is 6.76. The van der Waals surface area contributed by atoms with Gasteiger partial charge in [0, 0.05) is 52.1 Å². The van der Waals surface area contributed by atoms with Gasteiger partial charge in [-0.25, -0.2) is 0 Å². The molecule has 1 N–H and O–H groups in total. The van der Waals surface area contributed by atoms with Crippen molar-refractivity contribution in [3.63, 3.8) is 0 Å². The van der Waals surface area contributed by atoms with Crippen LogP contribution < -0.4 is 5.32 Å². The Labute approximate surface area is 114 Å². The van der Waals surface area contributed by atoms with Gasteiger partial charge in [-0.05, 0) is 12.5 Å². The molecule has 1 aliphatic rings. The standard InChI is InChI=1S/C13H23N5O/c1-14-13(15-6-8-18-7-3-5-16-18)17(2)10-12-4-9-19-11-12/h3,5,7,12H,4,6,8-11H2,1-2H3,(H,14,15). The van der Waals surface area contributed by atoms with Gasteiger partial charge >= 0.3 is 0 Å². The Balaban J connectivity index is 1.72. The number of hydrogen-bond acceptors (Lipinski definition) is 3. The Morgan fingerprint density at radius 1 is 1.63 bits per heavy atom. The van der Waals surface area contributed by atoms with Gasteiger partial charge in [-0.1, -0.05) is 0 Å². The minimum atomic E-state index is 0.620. The SMILES string of the molecule is CN=C(NCCn1cccn1)N(C)CC1CCOC1. The number of rotatable bonds is 5. The summed E-state index contributed by atoms with van der Waals surface area (Å²) in [5, 5.41) is 7.53. The molecule has 1 fully saturated rings. The average molecular weight is 265 g/mol. The number of nitrogens with zero attached hydrogens (tertiary/aromatic N) is 4. The van der Waals surface area contributed by atoms with Crippen LogP contribution in [0.3, 0.4) is 0 Å². The monoisotopic (exact) mass is 265 g/mol. The first-order valence-corrected chi connectivity index (χ1v) is 6.76. The van der Waals surface area contributed by atoms with Gasteiger partial charge in [0.1, 0.15) is 0 Å². The Kier molecular flexibility index (Phi) is 5.20. The summed E-state index contributed by atoms with van der Waals surface area (Å²) in [5.74, 6) is 1.55. The van der Waals surface area contributed by atoms with E-state index in [0.717, 1.165) is 45.2 Å². The molecule has 1 atom stereocenters. The molecule has 0 spiro atoms. The van der Waals surface area contributed by atoms with Crippen LogP contribution in [0.1, 0.15) is 6.42 Å². The van der Waals surface area contributed by atoms with Crippen LogP contribution in [0.15, 0.2) is 23.5 Å². The van der Waals surface area contributed by atoms with E-state index >= 15 is 0 Å². The van der Waals surface area contributed by atoms with Crippen LogP contribution >= 0.6 is 0 Å². The molecule has 1 aliphatic heterocycles. The number of ether oxygens (including phenoxy) is 1. The molecule has 2 rings (SSSR count). The second kappa shape index (κ2) is 7.13. The molecule has 1 saturated heterocycles. The summed E-state index contributed by atoms with van der Waals surface area (Å²) in [7, 11) is 3.89. The molecule has 0 bridgehead atoms. The molecule has 6 nitrogen and oxygen atoms in total. The zero-order valence-electron chi connectivity index (χ0n) is 11.7. The fourth-order valence-corrected chi connectivity index (χ4v) is 2.30. The molecule has 6 heteroatoms. The summed E-state index contributed by atoms with van der Waals surface area (Å²) in [4.78, 5) is 6.48. The highest BCUT2D eigenvalue weighted by Crippen LogP contribution is 2.13. The van der Waals surface area contributed by atoms with Crippen LogP contribution in [0.4, 0.5) is 0 Å². The quantitative estimate of drug-likeness (QED) is 0.619. The molecule has 0 radical (unpaired) electrons. The second-order valence-electron chi connectivity index (χ2n) is 4.85. The van der Waals surface area contributed by atoms with E-state index in [4.69, 9.17) is 4.74 Å². The summed E-state index contributed by atoms with van der Waals surface area (Å²) in [5.41, 5.74) is 0. The van der Waals surface area contributed by atoms with Gasteiger partial charge in [0.2, 0.25) is 0 Å². The lowest BCUT2D eigenvalue weighted by molar-refractivity contribution is 0.181. The maximum absolute atomic E-state index is 5.40. The van der Waals surface area contributed by atoms with Crippen molar-refractivity contribution in [2.45, 2.75) is 13.0 Å². The van der Waals surface area contributed by atoms with Gasteiger partial charge in [0.25, 0.3) is 0 Å². The van der Waals surface area contributed by atoms with Gasteiger partial charge in [0.15, 0.2) is 5.96 Å². The van der Waals surface area contributed by atoms with Crippen LogP contribution in [0.2, 0.25) is 0 Å². The van der Waals surface area contributed by atoms with Crippen LogP contribution in [0.5, 0.6) is 0 Å². The van der Waals surface area contributed by atoms with E-state index in [-0.39, 0.29) is 0 Å². The van der Waals surface area contributed by atoms with Crippen LogP contribution in [-0.4, -0.2) is 61.0 Å². The van der Waals surface area contributed by atoms with Crippen LogP contribution in [-0.2, 0) is 11.3 Å². The largest absolute Gasteiger partial charge is 0.381 e. The van der Waals surface area contributed by atoms with E-state index in [9.17, 15) is 0 Å². The summed E-state index contributed by atoms with van der Waals surface area (Å²) in [6, 6.07) is 1.93. The molecule has 1 aromatic heterocycles. The second-order valence-corrected chi connectivity index (χ2v) is 4.85. The highest BCUT2D eigenvalue weighted by atomic mass is 16.5. The third kappa shape index (κ3) is 4.24. The zero-order valence-corrected chi connectivity index (χ0v) is 11.7.